The summed E-state index contributed by atoms with van der Waals surface area (Å²) < 4.78 is 5.43. The fourth-order valence-corrected chi connectivity index (χ4v) is 5.25. The Kier molecular flexibility index (Phi) is 8.36. The molecule has 1 fully saturated rings. The summed E-state index contributed by atoms with van der Waals surface area (Å²) in [4.78, 5) is 5.98. The Morgan fingerprint density at radius 2 is 1.59 bits per heavy atom. The van der Waals surface area contributed by atoms with E-state index in [2.05, 4.69) is 103 Å². The Bertz CT molecular complexity index is 1040. The molecule has 3 nitrogen and oxygen atoms in total. The summed E-state index contributed by atoms with van der Waals surface area (Å²) >= 11 is 5.84. The molecule has 0 bridgehead atoms. The van der Waals surface area contributed by atoms with Crippen LogP contribution in [0, 0.1) is 12.8 Å². The van der Waals surface area contributed by atoms with Crippen molar-refractivity contribution in [2.24, 2.45) is 5.92 Å². The molecule has 1 aliphatic rings. The van der Waals surface area contributed by atoms with Crippen molar-refractivity contribution in [2.45, 2.75) is 45.8 Å². The van der Waals surface area contributed by atoms with Gasteiger partial charge in [0.15, 0.2) is 0 Å². The highest BCUT2D eigenvalue weighted by molar-refractivity contribution is 7.80. The van der Waals surface area contributed by atoms with E-state index in [9.17, 15) is 0 Å². The maximum Gasteiger partial charge on any atom is 0.118 e. The minimum absolute atomic E-state index is 0.253. The van der Waals surface area contributed by atoms with E-state index >= 15 is 0 Å². The fourth-order valence-electron chi connectivity index (χ4n) is 5.07. The lowest BCUT2D eigenvalue weighted by Gasteiger charge is -2.42. The van der Waals surface area contributed by atoms with Gasteiger partial charge in [-0.05, 0) is 74.5 Å². The predicted octanol–water partition coefficient (Wildman–Crippen LogP) is 6.81. The van der Waals surface area contributed by atoms with E-state index < -0.39 is 0 Å². The molecule has 1 unspecified atom stereocenters. The van der Waals surface area contributed by atoms with Crippen molar-refractivity contribution < 1.29 is 4.74 Å². The number of ether oxygens (including phenoxy) is 1. The average Bonchev–Trinajstić information content (AvgIpc) is 2.87. The quantitative estimate of drug-likeness (QED) is 0.335. The largest absolute Gasteiger partial charge is 0.497 e. The van der Waals surface area contributed by atoms with Gasteiger partial charge in [-0.1, -0.05) is 84.5 Å². The highest BCUT2D eigenvalue weighted by Gasteiger charge is 2.32. The lowest BCUT2D eigenvalue weighted by molar-refractivity contribution is 0.118. The Balaban J connectivity index is 1.55. The fraction of sp³-hybridized carbons (Fsp3) is 0.367. The van der Waals surface area contributed by atoms with Gasteiger partial charge in [-0.25, -0.2) is 0 Å². The number of piperidine rings is 1. The van der Waals surface area contributed by atoms with E-state index in [1.807, 2.05) is 0 Å². The van der Waals surface area contributed by atoms with E-state index in [0.717, 1.165) is 49.8 Å². The molecule has 0 saturated carbocycles. The van der Waals surface area contributed by atoms with Crippen LogP contribution in [0.2, 0.25) is 0 Å². The van der Waals surface area contributed by atoms with Crippen LogP contribution in [0.15, 0.2) is 78.9 Å². The first-order valence-corrected chi connectivity index (χ1v) is 12.7. The summed E-state index contributed by atoms with van der Waals surface area (Å²) in [7, 11) is 1.72. The average molecular weight is 473 g/mol. The van der Waals surface area contributed by atoms with Gasteiger partial charge in [0.1, 0.15) is 5.75 Å². The van der Waals surface area contributed by atoms with Gasteiger partial charge in [0.2, 0.25) is 0 Å². The van der Waals surface area contributed by atoms with Crippen molar-refractivity contribution in [3.05, 3.63) is 101 Å². The molecule has 3 aromatic carbocycles. The molecule has 1 atom stereocenters. The Labute approximate surface area is 210 Å². The first-order chi connectivity index (χ1) is 16.5. The van der Waals surface area contributed by atoms with Crippen molar-refractivity contribution in [3.8, 4) is 5.75 Å². The van der Waals surface area contributed by atoms with Gasteiger partial charge in [-0.15, -0.1) is 0 Å². The molecule has 0 N–H and O–H groups in total. The molecule has 0 aromatic heterocycles. The molecule has 1 aliphatic heterocycles. The molecular formula is C30H36N2OS. The van der Waals surface area contributed by atoms with Crippen LogP contribution < -0.4 is 4.74 Å². The number of thiocarbonyl (C=S) groups is 1. The maximum absolute atomic E-state index is 5.84. The van der Waals surface area contributed by atoms with Crippen molar-refractivity contribution in [1.29, 1.82) is 0 Å². The zero-order valence-corrected chi connectivity index (χ0v) is 21.4. The number of aryl methyl sites for hydroxylation is 1. The second-order valence-corrected chi connectivity index (χ2v) is 10.0. The van der Waals surface area contributed by atoms with Crippen LogP contribution in [0.1, 0.15) is 48.1 Å². The maximum atomic E-state index is 5.84. The van der Waals surface area contributed by atoms with Crippen LogP contribution in [0.25, 0.3) is 0 Å². The van der Waals surface area contributed by atoms with E-state index in [1.54, 1.807) is 7.11 Å². The molecule has 0 radical (unpaired) electrons. The third-order valence-electron chi connectivity index (χ3n) is 7.00. The second kappa shape index (κ2) is 11.6. The number of benzene rings is 3. The van der Waals surface area contributed by atoms with Crippen molar-refractivity contribution in [3.63, 3.8) is 0 Å². The number of likely N-dealkylation sites (tertiary alicyclic amines) is 1. The van der Waals surface area contributed by atoms with Crippen LogP contribution in [0.4, 0.5) is 0 Å². The van der Waals surface area contributed by atoms with Crippen molar-refractivity contribution in [1.82, 2.24) is 9.80 Å². The molecule has 178 valence electrons. The van der Waals surface area contributed by atoms with Gasteiger partial charge in [0.05, 0.1) is 18.1 Å². The summed E-state index contributed by atoms with van der Waals surface area (Å²) in [6, 6.07) is 28.5. The molecular weight excluding hydrogens is 436 g/mol. The lowest BCUT2D eigenvalue weighted by Crippen LogP contribution is -2.41. The molecule has 4 heteroatoms. The van der Waals surface area contributed by atoms with Crippen LogP contribution in [-0.4, -0.2) is 35.0 Å². The first kappa shape index (κ1) is 24.4. The smallest absolute Gasteiger partial charge is 0.118 e. The SMILES string of the molecule is COc1ccc(C(C2CCN(Cc3ccccc3)CC2)N(Cc2ccc(C)cc2)C(C)=S)cc1. The Hall–Kier alpha value is -2.69. The summed E-state index contributed by atoms with van der Waals surface area (Å²) in [5.74, 6) is 1.44. The van der Waals surface area contributed by atoms with Crippen LogP contribution >= 0.6 is 12.2 Å². The Morgan fingerprint density at radius 1 is 0.941 bits per heavy atom. The molecule has 1 heterocycles. The standard InChI is InChI=1S/C30H36N2OS/c1-23-9-11-26(12-10-23)22-32(24(2)34)30(27-13-15-29(33-3)16-14-27)28-17-19-31(20-18-28)21-25-7-5-4-6-8-25/h4-16,28,30H,17-22H2,1-3H3. The molecule has 4 rings (SSSR count). The van der Waals surface area contributed by atoms with Crippen LogP contribution in [0.5, 0.6) is 5.75 Å². The third-order valence-corrected chi connectivity index (χ3v) is 7.23. The van der Waals surface area contributed by atoms with Gasteiger partial charge in [-0.2, -0.15) is 0 Å². The normalized spacial score (nSPS) is 15.6. The van der Waals surface area contributed by atoms with Gasteiger partial charge in [0, 0.05) is 13.1 Å². The molecule has 3 aromatic rings. The Morgan fingerprint density at radius 3 is 2.18 bits per heavy atom. The highest BCUT2D eigenvalue weighted by Crippen LogP contribution is 2.38. The number of hydrogen-bond donors (Lipinski definition) is 0. The molecule has 34 heavy (non-hydrogen) atoms. The van der Waals surface area contributed by atoms with Crippen molar-refractivity contribution >= 4 is 17.2 Å². The van der Waals surface area contributed by atoms with Gasteiger partial charge in [0.25, 0.3) is 0 Å². The zero-order valence-electron chi connectivity index (χ0n) is 20.6. The van der Waals surface area contributed by atoms with E-state index in [-0.39, 0.29) is 6.04 Å². The second-order valence-electron chi connectivity index (χ2n) is 9.45. The van der Waals surface area contributed by atoms with E-state index in [1.165, 1.54) is 22.3 Å². The zero-order chi connectivity index (χ0) is 23.9. The lowest BCUT2D eigenvalue weighted by atomic mass is 9.83. The monoisotopic (exact) mass is 472 g/mol. The molecule has 0 aliphatic carbocycles. The number of methoxy groups -OCH3 is 1. The molecule has 0 spiro atoms. The minimum atomic E-state index is 0.253. The number of hydrogen-bond acceptors (Lipinski definition) is 3. The predicted molar refractivity (Wildman–Crippen MR) is 145 cm³/mol. The molecule has 0 amide bonds. The summed E-state index contributed by atoms with van der Waals surface area (Å²) in [5, 5.41) is 0. The van der Waals surface area contributed by atoms with Gasteiger partial charge >= 0.3 is 0 Å². The summed E-state index contributed by atoms with van der Waals surface area (Å²) in [5.41, 5.74) is 5.30. The van der Waals surface area contributed by atoms with Crippen molar-refractivity contribution in [2.75, 3.05) is 20.2 Å². The summed E-state index contributed by atoms with van der Waals surface area (Å²) in [6.45, 7) is 8.29. The van der Waals surface area contributed by atoms with E-state index in [0.29, 0.717) is 5.92 Å². The number of rotatable bonds is 8. The van der Waals surface area contributed by atoms with Gasteiger partial charge < -0.3 is 9.64 Å². The minimum Gasteiger partial charge on any atom is -0.497 e. The third kappa shape index (κ3) is 6.25. The van der Waals surface area contributed by atoms with Gasteiger partial charge in [-0.3, -0.25) is 4.90 Å². The highest BCUT2D eigenvalue weighted by atomic mass is 32.1. The first-order valence-electron chi connectivity index (χ1n) is 12.3. The topological polar surface area (TPSA) is 15.7 Å². The summed E-state index contributed by atoms with van der Waals surface area (Å²) in [6.07, 6.45) is 2.33. The number of nitrogens with zero attached hydrogens (tertiary/aromatic N) is 2. The molecule has 1 saturated heterocycles. The van der Waals surface area contributed by atoms with E-state index in [4.69, 9.17) is 17.0 Å². The van der Waals surface area contributed by atoms with Crippen LogP contribution in [0.3, 0.4) is 0 Å². The van der Waals surface area contributed by atoms with Crippen LogP contribution in [-0.2, 0) is 13.1 Å².